The fourth-order valence-corrected chi connectivity index (χ4v) is 4.33. The van der Waals surface area contributed by atoms with Crippen molar-refractivity contribution in [2.45, 2.75) is 12.5 Å². The van der Waals surface area contributed by atoms with Gasteiger partial charge in [0.1, 0.15) is 5.82 Å². The second kappa shape index (κ2) is 5.23. The largest absolute Gasteiger partial charge is 0.354 e. The molecular formula is C19H21N5. The van der Waals surface area contributed by atoms with Crippen LogP contribution >= 0.6 is 0 Å². The molecule has 2 saturated heterocycles. The molecule has 0 radical (unpaired) electrons. The van der Waals surface area contributed by atoms with Crippen LogP contribution in [0.15, 0.2) is 48.7 Å². The first-order valence-corrected chi connectivity index (χ1v) is 8.65. The zero-order valence-electron chi connectivity index (χ0n) is 13.8. The highest BCUT2D eigenvalue weighted by molar-refractivity contribution is 5.78. The van der Waals surface area contributed by atoms with Crippen LogP contribution in [-0.4, -0.2) is 40.2 Å². The van der Waals surface area contributed by atoms with Crippen molar-refractivity contribution in [2.24, 2.45) is 13.0 Å². The van der Waals surface area contributed by atoms with Crippen molar-refractivity contribution in [3.8, 4) is 0 Å². The number of rotatable bonds is 2. The lowest BCUT2D eigenvalue weighted by atomic mass is 10.1. The lowest BCUT2D eigenvalue weighted by Crippen LogP contribution is -2.36. The Balaban J connectivity index is 1.47. The molecule has 2 aliphatic heterocycles. The van der Waals surface area contributed by atoms with Gasteiger partial charge in [0.25, 0.3) is 0 Å². The number of hydrogen-bond acceptors (Lipinski definition) is 4. The predicted octanol–water partition coefficient (Wildman–Crippen LogP) is 2.68. The van der Waals surface area contributed by atoms with Crippen molar-refractivity contribution < 1.29 is 0 Å². The van der Waals surface area contributed by atoms with E-state index in [0.717, 1.165) is 36.9 Å². The van der Waals surface area contributed by atoms with Crippen molar-refractivity contribution >= 4 is 22.8 Å². The standard InChI is InChI=1S/C19H21N5/c1-22-16-7-3-2-6-15(16)21-19(22)24-11-9-14-12-23(13-17(14)24)18-8-4-5-10-20-18/h2-8,10,14,17H,9,11-13H2,1H3. The fraction of sp³-hybridized carbons (Fsp3) is 0.368. The van der Waals surface area contributed by atoms with Crippen LogP contribution in [0.2, 0.25) is 0 Å². The summed E-state index contributed by atoms with van der Waals surface area (Å²) in [6.45, 7) is 3.23. The lowest BCUT2D eigenvalue weighted by molar-refractivity contribution is 0.576. The zero-order chi connectivity index (χ0) is 16.1. The number of aryl methyl sites for hydroxylation is 1. The zero-order valence-corrected chi connectivity index (χ0v) is 13.8. The van der Waals surface area contributed by atoms with E-state index >= 15 is 0 Å². The summed E-state index contributed by atoms with van der Waals surface area (Å²) in [5.74, 6) is 2.90. The average molecular weight is 319 g/mol. The predicted molar refractivity (Wildman–Crippen MR) is 96.4 cm³/mol. The van der Waals surface area contributed by atoms with E-state index in [4.69, 9.17) is 4.98 Å². The van der Waals surface area contributed by atoms with Crippen LogP contribution in [-0.2, 0) is 7.05 Å². The van der Waals surface area contributed by atoms with Crippen LogP contribution in [0, 0.1) is 5.92 Å². The molecule has 0 aliphatic carbocycles. The second-order valence-electron chi connectivity index (χ2n) is 6.86. The molecule has 0 bridgehead atoms. The number of nitrogens with zero attached hydrogens (tertiary/aromatic N) is 5. The van der Waals surface area contributed by atoms with Gasteiger partial charge in [-0.05, 0) is 30.7 Å². The summed E-state index contributed by atoms with van der Waals surface area (Å²) in [6, 6.07) is 15.1. The number of fused-ring (bicyclic) bond motifs is 2. The monoisotopic (exact) mass is 319 g/mol. The molecular weight excluding hydrogens is 298 g/mol. The summed E-state index contributed by atoms with van der Waals surface area (Å²) in [4.78, 5) is 14.4. The molecule has 0 spiro atoms. The van der Waals surface area contributed by atoms with Gasteiger partial charge < -0.3 is 14.4 Å². The minimum atomic E-state index is 0.530. The van der Waals surface area contributed by atoms with E-state index in [1.807, 2.05) is 12.3 Å². The molecule has 3 aromatic rings. The highest BCUT2D eigenvalue weighted by atomic mass is 15.4. The third kappa shape index (κ3) is 2.00. The topological polar surface area (TPSA) is 37.2 Å². The molecule has 122 valence electrons. The Morgan fingerprint density at radius 2 is 1.92 bits per heavy atom. The van der Waals surface area contributed by atoms with Crippen LogP contribution in [0.4, 0.5) is 11.8 Å². The summed E-state index contributed by atoms with van der Waals surface area (Å²) in [5.41, 5.74) is 2.29. The van der Waals surface area contributed by atoms with E-state index in [2.05, 4.69) is 62.8 Å². The fourth-order valence-electron chi connectivity index (χ4n) is 4.33. The van der Waals surface area contributed by atoms with Gasteiger partial charge in [-0.15, -0.1) is 0 Å². The van der Waals surface area contributed by atoms with Crippen LogP contribution in [0.5, 0.6) is 0 Å². The van der Waals surface area contributed by atoms with Crippen LogP contribution in [0.25, 0.3) is 11.0 Å². The van der Waals surface area contributed by atoms with E-state index < -0.39 is 0 Å². The van der Waals surface area contributed by atoms with Gasteiger partial charge >= 0.3 is 0 Å². The van der Waals surface area contributed by atoms with Crippen molar-refractivity contribution in [1.82, 2.24) is 14.5 Å². The summed E-state index contributed by atoms with van der Waals surface area (Å²) >= 11 is 0. The number of pyridine rings is 1. The molecule has 24 heavy (non-hydrogen) atoms. The SMILES string of the molecule is Cn1c(N2CCC3CN(c4ccccn4)CC32)nc2ccccc21. The molecule has 5 heteroatoms. The van der Waals surface area contributed by atoms with Crippen LogP contribution in [0.3, 0.4) is 0 Å². The number of aromatic nitrogens is 3. The molecule has 2 aromatic heterocycles. The third-order valence-corrected chi connectivity index (χ3v) is 5.54. The minimum absolute atomic E-state index is 0.530. The van der Waals surface area contributed by atoms with Crippen molar-refractivity contribution in [1.29, 1.82) is 0 Å². The van der Waals surface area contributed by atoms with Crippen molar-refractivity contribution in [2.75, 3.05) is 29.4 Å². The first-order valence-electron chi connectivity index (χ1n) is 8.65. The Bertz CT molecular complexity index is 872. The molecule has 0 saturated carbocycles. The molecule has 2 fully saturated rings. The minimum Gasteiger partial charge on any atom is -0.354 e. The number of imidazole rings is 1. The summed E-state index contributed by atoms with van der Waals surface area (Å²) < 4.78 is 2.24. The maximum Gasteiger partial charge on any atom is 0.206 e. The number of hydrogen-bond donors (Lipinski definition) is 0. The van der Waals surface area contributed by atoms with Crippen LogP contribution in [0.1, 0.15) is 6.42 Å². The van der Waals surface area contributed by atoms with Gasteiger partial charge in [-0.3, -0.25) is 0 Å². The molecule has 2 unspecified atom stereocenters. The van der Waals surface area contributed by atoms with Crippen molar-refractivity contribution in [3.63, 3.8) is 0 Å². The number of anilines is 2. The Labute approximate surface area is 141 Å². The second-order valence-corrected chi connectivity index (χ2v) is 6.86. The summed E-state index contributed by atoms with van der Waals surface area (Å²) in [7, 11) is 2.13. The van der Waals surface area contributed by atoms with Crippen LogP contribution < -0.4 is 9.80 Å². The van der Waals surface area contributed by atoms with Gasteiger partial charge in [0.2, 0.25) is 5.95 Å². The summed E-state index contributed by atoms with van der Waals surface area (Å²) in [5, 5.41) is 0. The van der Waals surface area contributed by atoms with Gasteiger partial charge in [0.05, 0.1) is 17.1 Å². The molecule has 4 heterocycles. The average Bonchev–Trinajstić information content (AvgIpc) is 3.29. The maximum absolute atomic E-state index is 4.91. The Hall–Kier alpha value is -2.56. The van der Waals surface area contributed by atoms with Crippen molar-refractivity contribution in [3.05, 3.63) is 48.7 Å². The summed E-state index contributed by atoms with van der Waals surface area (Å²) in [6.07, 6.45) is 3.11. The molecule has 2 aliphatic rings. The quantitative estimate of drug-likeness (QED) is 0.728. The lowest BCUT2D eigenvalue weighted by Gasteiger charge is -2.26. The Morgan fingerprint density at radius 3 is 2.75 bits per heavy atom. The van der Waals surface area contributed by atoms with Gasteiger partial charge in [-0.25, -0.2) is 9.97 Å². The highest BCUT2D eigenvalue weighted by Gasteiger charge is 2.43. The molecule has 0 amide bonds. The van der Waals surface area contributed by atoms with Gasteiger partial charge in [-0.2, -0.15) is 0 Å². The van der Waals surface area contributed by atoms with E-state index in [9.17, 15) is 0 Å². The molecule has 1 aromatic carbocycles. The highest BCUT2D eigenvalue weighted by Crippen LogP contribution is 2.36. The van der Waals surface area contributed by atoms with E-state index in [0.29, 0.717) is 12.0 Å². The van der Waals surface area contributed by atoms with E-state index in [-0.39, 0.29) is 0 Å². The first-order chi connectivity index (χ1) is 11.8. The third-order valence-electron chi connectivity index (χ3n) is 5.54. The van der Waals surface area contributed by atoms with Gasteiger partial charge in [-0.1, -0.05) is 18.2 Å². The molecule has 0 N–H and O–H groups in total. The van der Waals surface area contributed by atoms with E-state index in [1.165, 1.54) is 11.9 Å². The number of benzene rings is 1. The number of para-hydroxylation sites is 2. The Morgan fingerprint density at radius 1 is 1.04 bits per heavy atom. The van der Waals surface area contributed by atoms with Gasteiger partial charge in [0, 0.05) is 38.8 Å². The normalized spacial score (nSPS) is 23.2. The Kier molecular flexibility index (Phi) is 3.01. The molecule has 5 rings (SSSR count). The molecule has 2 atom stereocenters. The van der Waals surface area contributed by atoms with E-state index in [1.54, 1.807) is 0 Å². The van der Waals surface area contributed by atoms with Gasteiger partial charge in [0.15, 0.2) is 0 Å². The maximum atomic E-state index is 4.91. The first kappa shape index (κ1) is 13.8. The molecule has 5 nitrogen and oxygen atoms in total. The smallest absolute Gasteiger partial charge is 0.206 e.